The molecule has 0 atom stereocenters. The first-order chi connectivity index (χ1) is 9.83. The molecule has 0 aliphatic rings. The fraction of sp³-hybridized carbons (Fsp3) is 0.100. The van der Waals surface area contributed by atoms with Crippen LogP contribution in [0.2, 0.25) is 0 Å². The summed E-state index contributed by atoms with van der Waals surface area (Å²) in [5.74, 6) is 0. The Kier molecular flexibility index (Phi) is 3.39. The lowest BCUT2D eigenvalue weighted by molar-refractivity contribution is 1.42. The summed E-state index contributed by atoms with van der Waals surface area (Å²) in [4.78, 5) is 0. The minimum Gasteiger partial charge on any atom is -0.103 e. The van der Waals surface area contributed by atoms with Gasteiger partial charge in [-0.15, -0.1) is 6.58 Å². The minimum atomic E-state index is 0.903. The third-order valence-corrected chi connectivity index (χ3v) is 3.83. The van der Waals surface area contributed by atoms with Gasteiger partial charge in [-0.3, -0.25) is 0 Å². The average molecular weight is 258 g/mol. The van der Waals surface area contributed by atoms with Gasteiger partial charge in [-0.1, -0.05) is 66.8 Å². The number of benzene rings is 3. The number of fused-ring (bicyclic) bond motifs is 3. The van der Waals surface area contributed by atoms with Gasteiger partial charge in [0.2, 0.25) is 0 Å². The number of rotatable bonds is 3. The van der Waals surface area contributed by atoms with E-state index in [9.17, 15) is 0 Å². The molecule has 3 rings (SSSR count). The molecule has 0 bridgehead atoms. The average Bonchev–Trinajstić information content (AvgIpc) is 2.51. The molecule has 0 unspecified atom stereocenters. The Hall–Kier alpha value is -2.34. The second-order valence-corrected chi connectivity index (χ2v) is 5.06. The lowest BCUT2D eigenvalue weighted by Gasteiger charge is -2.12. The normalized spacial score (nSPS) is 11.4. The van der Waals surface area contributed by atoms with Gasteiger partial charge in [-0.2, -0.15) is 0 Å². The van der Waals surface area contributed by atoms with Crippen molar-refractivity contribution in [2.24, 2.45) is 0 Å². The molecule has 3 aromatic rings. The van der Waals surface area contributed by atoms with Crippen molar-refractivity contribution in [3.05, 3.63) is 78.4 Å². The molecule has 0 spiro atoms. The fourth-order valence-electron chi connectivity index (χ4n) is 2.84. The third-order valence-electron chi connectivity index (χ3n) is 3.83. The van der Waals surface area contributed by atoms with Gasteiger partial charge in [0.1, 0.15) is 0 Å². The maximum absolute atomic E-state index is 3.78. The van der Waals surface area contributed by atoms with Crippen LogP contribution in [-0.4, -0.2) is 0 Å². The maximum Gasteiger partial charge on any atom is -0.00992 e. The molecule has 0 fully saturated rings. The van der Waals surface area contributed by atoms with Crippen molar-refractivity contribution >= 4 is 27.6 Å². The van der Waals surface area contributed by atoms with Crippen LogP contribution in [0.3, 0.4) is 0 Å². The van der Waals surface area contributed by atoms with Gasteiger partial charge in [-0.25, -0.2) is 0 Å². The zero-order chi connectivity index (χ0) is 13.9. The highest BCUT2D eigenvalue weighted by atomic mass is 14.1. The van der Waals surface area contributed by atoms with Gasteiger partial charge in [0.15, 0.2) is 0 Å². The Morgan fingerprint density at radius 3 is 2.05 bits per heavy atom. The first-order valence-electron chi connectivity index (χ1n) is 7.00. The molecule has 0 radical (unpaired) electrons. The fourth-order valence-corrected chi connectivity index (χ4v) is 2.84. The van der Waals surface area contributed by atoms with E-state index in [1.165, 1.54) is 32.7 Å². The lowest BCUT2D eigenvalue weighted by atomic mass is 9.92. The van der Waals surface area contributed by atoms with Gasteiger partial charge < -0.3 is 0 Å². The molecule has 0 aliphatic heterocycles. The van der Waals surface area contributed by atoms with Gasteiger partial charge >= 0.3 is 0 Å². The van der Waals surface area contributed by atoms with E-state index >= 15 is 0 Å². The van der Waals surface area contributed by atoms with Crippen LogP contribution >= 0.6 is 0 Å². The lowest BCUT2D eigenvalue weighted by Crippen LogP contribution is -1.88. The predicted molar refractivity (Wildman–Crippen MR) is 90.0 cm³/mol. The van der Waals surface area contributed by atoms with Crippen LogP contribution in [0, 0.1) is 6.92 Å². The van der Waals surface area contributed by atoms with E-state index in [0.29, 0.717) is 0 Å². The maximum atomic E-state index is 3.78. The standard InChI is InChI=1S/C20H18/c1-3-4-5-10-16-15(2)17-11-6-7-12-19(17)20-14-9-8-13-18(16)20/h3,5-14H,1,4H2,2H3. The molecule has 0 amide bonds. The Morgan fingerprint density at radius 2 is 1.40 bits per heavy atom. The molecule has 0 aliphatic carbocycles. The molecule has 0 heteroatoms. The Bertz CT molecular complexity index is 807. The van der Waals surface area contributed by atoms with Crippen LogP contribution in [0.5, 0.6) is 0 Å². The van der Waals surface area contributed by atoms with Gasteiger partial charge in [0.05, 0.1) is 0 Å². The van der Waals surface area contributed by atoms with Crippen LogP contribution in [0.4, 0.5) is 0 Å². The number of hydrogen-bond donors (Lipinski definition) is 0. The first kappa shape index (κ1) is 12.7. The van der Waals surface area contributed by atoms with Crippen LogP contribution in [0.15, 0.2) is 67.3 Å². The van der Waals surface area contributed by atoms with Gasteiger partial charge in [0, 0.05) is 0 Å². The SMILES string of the molecule is C=CCC=Cc1c(C)c2ccccc2c2ccccc12. The highest BCUT2D eigenvalue weighted by Gasteiger charge is 2.08. The smallest absolute Gasteiger partial charge is 0.00992 e. The number of hydrogen-bond acceptors (Lipinski definition) is 0. The largest absolute Gasteiger partial charge is 0.103 e. The molecule has 0 aromatic heterocycles. The van der Waals surface area contributed by atoms with Crippen molar-refractivity contribution in [3.63, 3.8) is 0 Å². The summed E-state index contributed by atoms with van der Waals surface area (Å²) in [6.07, 6.45) is 7.23. The number of aryl methyl sites for hydroxylation is 1. The molecule has 98 valence electrons. The van der Waals surface area contributed by atoms with E-state index in [1.807, 2.05) is 6.08 Å². The first-order valence-corrected chi connectivity index (χ1v) is 7.00. The summed E-state index contributed by atoms with van der Waals surface area (Å²) >= 11 is 0. The highest BCUT2D eigenvalue weighted by Crippen LogP contribution is 2.33. The van der Waals surface area contributed by atoms with Crippen molar-refractivity contribution in [1.82, 2.24) is 0 Å². The number of allylic oxidation sites excluding steroid dienone is 2. The second-order valence-electron chi connectivity index (χ2n) is 5.06. The summed E-state index contributed by atoms with van der Waals surface area (Å²) in [5, 5.41) is 5.32. The van der Waals surface area contributed by atoms with Crippen LogP contribution in [0.25, 0.3) is 27.6 Å². The Morgan fingerprint density at radius 1 is 0.850 bits per heavy atom. The zero-order valence-electron chi connectivity index (χ0n) is 11.8. The van der Waals surface area contributed by atoms with Crippen molar-refractivity contribution < 1.29 is 0 Å². The van der Waals surface area contributed by atoms with E-state index in [2.05, 4.69) is 74.2 Å². The molecule has 0 saturated heterocycles. The molecule has 0 heterocycles. The minimum absolute atomic E-state index is 0.903. The molecule has 0 saturated carbocycles. The van der Waals surface area contributed by atoms with Crippen LogP contribution in [0.1, 0.15) is 17.5 Å². The third kappa shape index (κ3) is 2.04. The molecule has 0 N–H and O–H groups in total. The molecule has 3 aromatic carbocycles. The molecule has 20 heavy (non-hydrogen) atoms. The topological polar surface area (TPSA) is 0 Å². The molecular formula is C20H18. The van der Waals surface area contributed by atoms with E-state index in [0.717, 1.165) is 6.42 Å². The summed E-state index contributed by atoms with van der Waals surface area (Å²) in [7, 11) is 0. The second kappa shape index (κ2) is 5.34. The zero-order valence-corrected chi connectivity index (χ0v) is 11.8. The Labute approximate surface area is 120 Å². The van der Waals surface area contributed by atoms with Crippen molar-refractivity contribution in [2.45, 2.75) is 13.3 Å². The highest BCUT2D eigenvalue weighted by molar-refractivity contribution is 6.12. The summed E-state index contributed by atoms with van der Waals surface area (Å²) in [6, 6.07) is 17.3. The van der Waals surface area contributed by atoms with Gasteiger partial charge in [-0.05, 0) is 46.0 Å². The van der Waals surface area contributed by atoms with Crippen LogP contribution in [-0.2, 0) is 0 Å². The van der Waals surface area contributed by atoms with E-state index in [-0.39, 0.29) is 0 Å². The molecule has 0 nitrogen and oxygen atoms in total. The summed E-state index contributed by atoms with van der Waals surface area (Å²) in [5.41, 5.74) is 2.67. The quantitative estimate of drug-likeness (QED) is 0.406. The van der Waals surface area contributed by atoms with Gasteiger partial charge in [0.25, 0.3) is 0 Å². The molecular weight excluding hydrogens is 240 g/mol. The van der Waals surface area contributed by atoms with E-state index in [4.69, 9.17) is 0 Å². The Balaban J connectivity index is 2.41. The van der Waals surface area contributed by atoms with E-state index < -0.39 is 0 Å². The van der Waals surface area contributed by atoms with Crippen molar-refractivity contribution in [1.29, 1.82) is 0 Å². The van der Waals surface area contributed by atoms with Crippen molar-refractivity contribution in [2.75, 3.05) is 0 Å². The van der Waals surface area contributed by atoms with E-state index in [1.54, 1.807) is 0 Å². The summed E-state index contributed by atoms with van der Waals surface area (Å²) in [6.45, 7) is 5.99. The summed E-state index contributed by atoms with van der Waals surface area (Å²) < 4.78 is 0. The van der Waals surface area contributed by atoms with Crippen molar-refractivity contribution in [3.8, 4) is 0 Å². The monoisotopic (exact) mass is 258 g/mol. The van der Waals surface area contributed by atoms with Crippen LogP contribution < -0.4 is 0 Å². The predicted octanol–water partition coefficient (Wildman–Crippen LogP) is 5.89.